The van der Waals surface area contributed by atoms with Gasteiger partial charge in [0.25, 0.3) is 5.91 Å². The fraction of sp³-hybridized carbons (Fsp3) is 0.467. The molecule has 2 atom stereocenters. The second-order valence-electron chi connectivity index (χ2n) is 5.13. The van der Waals surface area contributed by atoms with Gasteiger partial charge in [0.15, 0.2) is 6.10 Å². The van der Waals surface area contributed by atoms with Crippen molar-refractivity contribution < 1.29 is 27.9 Å². The van der Waals surface area contributed by atoms with Gasteiger partial charge in [0, 0.05) is 0 Å². The number of primary amides is 1. The van der Waals surface area contributed by atoms with Crippen LogP contribution in [0.5, 0.6) is 0 Å². The Morgan fingerprint density at radius 1 is 1.26 bits per heavy atom. The van der Waals surface area contributed by atoms with Crippen molar-refractivity contribution in [3.8, 4) is 0 Å². The van der Waals surface area contributed by atoms with Crippen molar-refractivity contribution in [3.05, 3.63) is 35.4 Å². The molecule has 128 valence electrons. The molecule has 0 unspecified atom stereocenters. The molecule has 0 radical (unpaired) electrons. The second-order valence-corrected chi connectivity index (χ2v) is 5.13. The number of rotatable bonds is 7. The zero-order chi connectivity index (χ0) is 17.6. The maximum atomic E-state index is 12.5. The molecule has 0 aliphatic rings. The number of aliphatic hydroxyl groups is 1. The molecule has 2 amide bonds. The lowest BCUT2D eigenvalue weighted by molar-refractivity contribution is -0.137. The molecule has 1 aromatic carbocycles. The molecule has 0 aromatic heterocycles. The van der Waals surface area contributed by atoms with Crippen LogP contribution in [-0.4, -0.2) is 23.0 Å². The summed E-state index contributed by atoms with van der Waals surface area (Å²) in [5.41, 5.74) is 4.28. The average molecular weight is 332 g/mol. The van der Waals surface area contributed by atoms with E-state index >= 15 is 0 Å². The van der Waals surface area contributed by atoms with Gasteiger partial charge >= 0.3 is 6.18 Å². The summed E-state index contributed by atoms with van der Waals surface area (Å²) < 4.78 is 37.4. The minimum atomic E-state index is -4.50. The first kappa shape index (κ1) is 19.0. The summed E-state index contributed by atoms with van der Waals surface area (Å²) in [6, 6.07) is 2.64. The number of benzene rings is 1. The van der Waals surface area contributed by atoms with E-state index in [1.807, 2.05) is 6.92 Å². The molecule has 0 aliphatic heterocycles. The van der Waals surface area contributed by atoms with Crippen LogP contribution in [0.2, 0.25) is 0 Å². The lowest BCUT2D eigenvalue weighted by Gasteiger charge is -2.18. The van der Waals surface area contributed by atoms with Gasteiger partial charge in [-0.15, -0.1) is 0 Å². The highest BCUT2D eigenvalue weighted by Gasteiger charge is 2.31. The van der Waals surface area contributed by atoms with Gasteiger partial charge in [0.1, 0.15) is 6.04 Å². The molecule has 0 saturated heterocycles. The third-order valence-corrected chi connectivity index (χ3v) is 3.31. The highest BCUT2D eigenvalue weighted by atomic mass is 19.4. The van der Waals surface area contributed by atoms with Crippen LogP contribution >= 0.6 is 0 Å². The van der Waals surface area contributed by atoms with E-state index in [2.05, 4.69) is 5.32 Å². The van der Waals surface area contributed by atoms with Crippen molar-refractivity contribution in [1.29, 1.82) is 0 Å². The van der Waals surface area contributed by atoms with Crippen molar-refractivity contribution in [2.45, 2.75) is 44.5 Å². The average Bonchev–Trinajstić information content (AvgIpc) is 2.49. The molecule has 0 heterocycles. The van der Waals surface area contributed by atoms with E-state index in [4.69, 9.17) is 5.73 Å². The number of nitrogens with one attached hydrogen (secondary N) is 1. The third-order valence-electron chi connectivity index (χ3n) is 3.31. The lowest BCUT2D eigenvalue weighted by atomic mass is 10.0. The molecule has 4 N–H and O–H groups in total. The number of hydrogen-bond donors (Lipinski definition) is 3. The van der Waals surface area contributed by atoms with Crippen LogP contribution in [0.25, 0.3) is 0 Å². The van der Waals surface area contributed by atoms with Crippen LogP contribution in [0.1, 0.15) is 43.4 Å². The van der Waals surface area contributed by atoms with E-state index < -0.39 is 35.7 Å². The summed E-state index contributed by atoms with van der Waals surface area (Å²) >= 11 is 0. The fourth-order valence-electron chi connectivity index (χ4n) is 1.95. The predicted octanol–water partition coefficient (Wildman–Crippen LogP) is 1.90. The Morgan fingerprint density at radius 2 is 1.83 bits per heavy atom. The Kier molecular flexibility index (Phi) is 6.56. The van der Waals surface area contributed by atoms with E-state index in [-0.39, 0.29) is 5.56 Å². The van der Waals surface area contributed by atoms with E-state index in [0.29, 0.717) is 12.8 Å². The molecule has 0 bridgehead atoms. The number of halogens is 3. The topological polar surface area (TPSA) is 92.4 Å². The minimum Gasteiger partial charge on any atom is -0.378 e. The molecule has 8 heteroatoms. The van der Waals surface area contributed by atoms with Gasteiger partial charge in [0.05, 0.1) is 5.56 Å². The fourth-order valence-corrected chi connectivity index (χ4v) is 1.95. The number of unbranched alkanes of at least 4 members (excludes halogenated alkanes) is 1. The normalized spacial score (nSPS) is 14.1. The number of amides is 2. The second kappa shape index (κ2) is 7.96. The van der Waals surface area contributed by atoms with E-state index in [0.717, 1.165) is 30.7 Å². The Balaban J connectivity index is 2.77. The Labute approximate surface area is 131 Å². The van der Waals surface area contributed by atoms with Crippen LogP contribution in [-0.2, 0) is 15.8 Å². The minimum absolute atomic E-state index is 0.00536. The molecular formula is C15H19F3N2O3. The van der Waals surface area contributed by atoms with E-state index in [1.165, 1.54) is 0 Å². The summed E-state index contributed by atoms with van der Waals surface area (Å²) in [6.45, 7) is 1.90. The number of nitrogens with two attached hydrogens (primary N) is 1. The smallest absolute Gasteiger partial charge is 0.378 e. The molecule has 0 aliphatic carbocycles. The Bertz CT molecular complexity index is 544. The molecule has 0 fully saturated rings. The van der Waals surface area contributed by atoms with Crippen molar-refractivity contribution in [3.63, 3.8) is 0 Å². The van der Waals surface area contributed by atoms with Crippen molar-refractivity contribution in [2.75, 3.05) is 0 Å². The van der Waals surface area contributed by atoms with Gasteiger partial charge in [-0.1, -0.05) is 31.9 Å². The molecule has 1 aromatic rings. The van der Waals surface area contributed by atoms with E-state index in [9.17, 15) is 27.9 Å². The Morgan fingerprint density at radius 3 is 2.26 bits per heavy atom. The quantitative estimate of drug-likeness (QED) is 0.712. The maximum Gasteiger partial charge on any atom is 0.416 e. The highest BCUT2D eigenvalue weighted by molar-refractivity contribution is 5.88. The van der Waals surface area contributed by atoms with Crippen LogP contribution < -0.4 is 11.1 Å². The number of carbonyl (C=O) groups is 2. The van der Waals surface area contributed by atoms with Crippen LogP contribution in [0.4, 0.5) is 13.2 Å². The molecule has 0 saturated carbocycles. The highest BCUT2D eigenvalue weighted by Crippen LogP contribution is 2.29. The standard InChI is InChI=1S/C15H19F3N2O3/c1-2-3-4-11(13(19)22)20-14(23)12(21)9-5-7-10(8-6-9)15(16,17)18/h5-8,11-12,21H,2-4H2,1H3,(H2,19,22)(H,20,23)/t11-,12+/m0/s1. The van der Waals surface area contributed by atoms with Gasteiger partial charge in [-0.2, -0.15) is 13.2 Å². The van der Waals surface area contributed by atoms with Gasteiger partial charge in [-0.3, -0.25) is 9.59 Å². The first-order chi connectivity index (χ1) is 10.7. The number of hydrogen-bond acceptors (Lipinski definition) is 3. The summed E-state index contributed by atoms with van der Waals surface area (Å²) in [5, 5.41) is 12.2. The number of aliphatic hydroxyl groups excluding tert-OH is 1. The van der Waals surface area contributed by atoms with Crippen LogP contribution in [0, 0.1) is 0 Å². The third kappa shape index (κ3) is 5.55. The van der Waals surface area contributed by atoms with Crippen LogP contribution in [0.15, 0.2) is 24.3 Å². The summed E-state index contributed by atoms with van der Waals surface area (Å²) in [7, 11) is 0. The molecule has 0 spiro atoms. The van der Waals surface area contributed by atoms with Gasteiger partial charge < -0.3 is 16.2 Å². The van der Waals surface area contributed by atoms with Crippen molar-refractivity contribution in [2.24, 2.45) is 5.73 Å². The van der Waals surface area contributed by atoms with Gasteiger partial charge in [-0.05, 0) is 24.1 Å². The zero-order valence-corrected chi connectivity index (χ0v) is 12.6. The predicted molar refractivity (Wildman–Crippen MR) is 77.1 cm³/mol. The molecule has 23 heavy (non-hydrogen) atoms. The summed E-state index contributed by atoms with van der Waals surface area (Å²) in [4.78, 5) is 23.2. The SMILES string of the molecule is CCCC[C@H](NC(=O)[C@H](O)c1ccc(C(F)(F)F)cc1)C(N)=O. The first-order valence-corrected chi connectivity index (χ1v) is 7.11. The maximum absolute atomic E-state index is 12.5. The lowest BCUT2D eigenvalue weighted by Crippen LogP contribution is -2.46. The monoisotopic (exact) mass is 332 g/mol. The summed E-state index contributed by atoms with van der Waals surface area (Å²) in [5.74, 6) is -1.61. The molecule has 1 rings (SSSR count). The Hall–Kier alpha value is -2.09. The van der Waals surface area contributed by atoms with E-state index in [1.54, 1.807) is 0 Å². The molecule has 5 nitrogen and oxygen atoms in total. The largest absolute Gasteiger partial charge is 0.416 e. The molecular weight excluding hydrogens is 313 g/mol. The number of carbonyl (C=O) groups excluding carboxylic acids is 2. The number of alkyl halides is 3. The van der Waals surface area contributed by atoms with Crippen LogP contribution in [0.3, 0.4) is 0 Å². The van der Waals surface area contributed by atoms with Gasteiger partial charge in [0.2, 0.25) is 5.91 Å². The van der Waals surface area contributed by atoms with Gasteiger partial charge in [-0.25, -0.2) is 0 Å². The summed E-state index contributed by atoms with van der Waals surface area (Å²) in [6.07, 6.45) is -4.40. The van der Waals surface area contributed by atoms with Crippen molar-refractivity contribution >= 4 is 11.8 Å². The van der Waals surface area contributed by atoms with Crippen molar-refractivity contribution in [1.82, 2.24) is 5.32 Å². The zero-order valence-electron chi connectivity index (χ0n) is 12.6. The first-order valence-electron chi connectivity index (χ1n) is 7.11.